The Morgan fingerprint density at radius 3 is 1.54 bits per heavy atom. The van der Waals surface area contributed by atoms with Gasteiger partial charge in [0.25, 0.3) is 5.69 Å². The van der Waals surface area contributed by atoms with E-state index in [0.717, 1.165) is 31.8 Å². The molecule has 0 aliphatic heterocycles. The lowest BCUT2D eigenvalue weighted by atomic mass is 10.0. The van der Waals surface area contributed by atoms with Crippen molar-refractivity contribution in [1.82, 2.24) is 5.32 Å². The molecule has 1 amide bonds. The summed E-state index contributed by atoms with van der Waals surface area (Å²) < 4.78 is 0. The van der Waals surface area contributed by atoms with E-state index in [9.17, 15) is 25.1 Å². The van der Waals surface area contributed by atoms with E-state index in [4.69, 9.17) is 0 Å². The van der Waals surface area contributed by atoms with Crippen molar-refractivity contribution in [1.29, 1.82) is 0 Å². The fraction of sp³-hybridized carbons (Fsp3) is 0.342. The highest BCUT2D eigenvalue weighted by molar-refractivity contribution is 7.95. The summed E-state index contributed by atoms with van der Waals surface area (Å²) in [6.45, 7) is -0.435. The van der Waals surface area contributed by atoms with Gasteiger partial charge < -0.3 is 15.5 Å². The molecule has 0 aromatic heterocycles. The van der Waals surface area contributed by atoms with Gasteiger partial charge in [0.2, 0.25) is 5.91 Å². The zero-order valence-corrected chi connectivity index (χ0v) is 27.3. The van der Waals surface area contributed by atoms with Gasteiger partial charge in [0.1, 0.15) is 29.3 Å². The zero-order valence-electron chi connectivity index (χ0n) is 26.4. The van der Waals surface area contributed by atoms with Crippen LogP contribution in [0, 0.1) is 10.1 Å². The van der Waals surface area contributed by atoms with Gasteiger partial charge in [-0.25, -0.2) is 0 Å². The molecule has 0 aliphatic carbocycles. The van der Waals surface area contributed by atoms with E-state index in [-0.39, 0.29) is 11.6 Å². The molecule has 8 heteroatoms. The number of rotatable bonds is 19. The van der Waals surface area contributed by atoms with Gasteiger partial charge >= 0.3 is 0 Å². The van der Waals surface area contributed by atoms with Crippen LogP contribution >= 0.6 is 7.26 Å². The van der Waals surface area contributed by atoms with Crippen molar-refractivity contribution in [2.24, 2.45) is 0 Å². The molecule has 0 bridgehead atoms. The van der Waals surface area contributed by atoms with Crippen LogP contribution in [-0.4, -0.2) is 39.9 Å². The molecule has 7 nitrogen and oxygen atoms in total. The monoisotopic (exact) mass is 641 g/mol. The second-order valence-corrected chi connectivity index (χ2v) is 15.4. The Labute approximate surface area is 273 Å². The second-order valence-electron chi connectivity index (χ2n) is 11.8. The molecule has 0 heterocycles. The highest BCUT2D eigenvalue weighted by atomic mass is 31.2. The van der Waals surface area contributed by atoms with Crippen LogP contribution in [0.1, 0.15) is 69.5 Å². The minimum absolute atomic E-state index is 0.0851. The van der Waals surface area contributed by atoms with E-state index in [1.165, 1.54) is 65.9 Å². The molecule has 0 saturated carbocycles. The molecule has 0 fully saturated rings. The molecular weight excluding hydrogens is 595 g/mol. The molecular formula is C38H46N2O5P+. The van der Waals surface area contributed by atoms with Crippen LogP contribution in [0.4, 0.5) is 5.69 Å². The Hall–Kier alpha value is -3.90. The van der Waals surface area contributed by atoms with Crippen molar-refractivity contribution < 1.29 is 19.9 Å². The van der Waals surface area contributed by atoms with Gasteiger partial charge in [-0.1, -0.05) is 86.7 Å². The number of unbranched alkanes of at least 4 members (excludes halogenated alkanes) is 7. The van der Waals surface area contributed by atoms with E-state index >= 15 is 0 Å². The number of carbonyl (C=O) groups excluding carboxylic acids is 1. The summed E-state index contributed by atoms with van der Waals surface area (Å²) in [5.41, 5.74) is 0.316. The number of aliphatic hydroxyl groups excluding tert-OH is 2. The largest absolute Gasteiger partial charge is 0.394 e. The lowest BCUT2D eigenvalue weighted by molar-refractivity contribution is -0.384. The van der Waals surface area contributed by atoms with Gasteiger partial charge in [0, 0.05) is 18.6 Å². The van der Waals surface area contributed by atoms with E-state index in [0.29, 0.717) is 12.0 Å². The fourth-order valence-corrected chi connectivity index (χ4v) is 10.5. The Morgan fingerprint density at radius 1 is 0.674 bits per heavy atom. The molecule has 0 unspecified atom stereocenters. The summed E-state index contributed by atoms with van der Waals surface area (Å²) in [4.78, 5) is 22.8. The van der Waals surface area contributed by atoms with E-state index < -0.39 is 30.9 Å². The summed E-state index contributed by atoms with van der Waals surface area (Å²) in [5, 5.41) is 38.1. The molecule has 0 saturated heterocycles. The number of nitro groups is 1. The molecule has 0 aliphatic rings. The van der Waals surface area contributed by atoms with Gasteiger partial charge in [-0.2, -0.15) is 0 Å². The molecule has 4 aromatic carbocycles. The third kappa shape index (κ3) is 9.56. The van der Waals surface area contributed by atoms with Crippen LogP contribution in [0.25, 0.3) is 0 Å². The van der Waals surface area contributed by atoms with Gasteiger partial charge in [0.15, 0.2) is 0 Å². The van der Waals surface area contributed by atoms with E-state index in [2.05, 4.69) is 96.3 Å². The van der Waals surface area contributed by atoms with Crippen molar-refractivity contribution in [3.63, 3.8) is 0 Å². The molecule has 0 radical (unpaired) electrons. The van der Waals surface area contributed by atoms with Crippen LogP contribution in [0.5, 0.6) is 0 Å². The molecule has 2 atom stereocenters. The van der Waals surface area contributed by atoms with Gasteiger partial charge in [-0.3, -0.25) is 14.9 Å². The highest BCUT2D eigenvalue weighted by Crippen LogP contribution is 2.56. The fourth-order valence-electron chi connectivity index (χ4n) is 6.11. The maximum absolute atomic E-state index is 12.5. The summed E-state index contributed by atoms with van der Waals surface area (Å²) >= 11 is 0. The standard InChI is InChI=1S/C38H45N2O5P/c41-30-36(38(43)31-25-27-32(28-26-31)40(44)45)39-37(42)24-16-5-3-1-2-4-6-17-29-46(33-18-10-7-11-19-33,34-20-12-8-13-21-34)35-22-14-9-15-23-35/h7-15,18-23,25-28,36,38,41,43H,1-6,16-17,24,29-30H2/p+1/t36-,38-/m1/s1. The predicted molar refractivity (Wildman–Crippen MR) is 189 cm³/mol. The number of carbonyl (C=O) groups is 1. The SMILES string of the molecule is O=C(CCCCCCCCCC[P+](c1ccccc1)(c1ccccc1)c1ccccc1)N[C@H](CO)[C@H](O)c1ccc([N+](=O)[O-])cc1. The molecule has 4 aromatic rings. The third-order valence-corrected chi connectivity index (χ3v) is 13.1. The van der Waals surface area contributed by atoms with Crippen molar-refractivity contribution in [3.8, 4) is 0 Å². The van der Waals surface area contributed by atoms with Crippen molar-refractivity contribution in [3.05, 3.63) is 131 Å². The van der Waals surface area contributed by atoms with E-state index in [1.807, 2.05) is 0 Å². The third-order valence-electron chi connectivity index (χ3n) is 8.61. The average Bonchev–Trinajstić information content (AvgIpc) is 3.10. The van der Waals surface area contributed by atoms with E-state index in [1.54, 1.807) is 0 Å². The molecule has 3 N–H and O–H groups in total. The number of nitrogens with zero attached hydrogens (tertiary/aromatic N) is 1. The molecule has 46 heavy (non-hydrogen) atoms. The predicted octanol–water partition coefficient (Wildman–Crippen LogP) is 6.61. The summed E-state index contributed by atoms with van der Waals surface area (Å²) in [6, 6.07) is 37.7. The van der Waals surface area contributed by atoms with Crippen LogP contribution < -0.4 is 21.2 Å². The number of nitrogens with one attached hydrogen (secondary N) is 1. The van der Waals surface area contributed by atoms with Crippen LogP contribution in [0.2, 0.25) is 0 Å². The minimum atomic E-state index is -1.77. The smallest absolute Gasteiger partial charge is 0.269 e. The number of non-ortho nitro benzene ring substituents is 1. The Balaban J connectivity index is 1.18. The Morgan fingerprint density at radius 2 is 1.11 bits per heavy atom. The Kier molecular flexibility index (Phi) is 13.9. The summed E-state index contributed by atoms with van der Waals surface area (Å²) in [6.07, 6.45) is 8.94. The van der Waals surface area contributed by atoms with Crippen molar-refractivity contribution in [2.75, 3.05) is 12.8 Å². The quantitative estimate of drug-likeness (QED) is 0.0462. The summed E-state index contributed by atoms with van der Waals surface area (Å²) in [5.74, 6) is -0.220. The number of amides is 1. The second kappa shape index (κ2) is 18.3. The van der Waals surface area contributed by atoms with Crippen LogP contribution in [0.3, 0.4) is 0 Å². The first-order valence-corrected chi connectivity index (χ1v) is 18.3. The number of benzene rings is 4. The maximum atomic E-state index is 12.5. The Bertz CT molecular complexity index is 1370. The first-order chi connectivity index (χ1) is 22.5. The highest BCUT2D eigenvalue weighted by Gasteiger charge is 2.44. The van der Waals surface area contributed by atoms with Gasteiger partial charge in [-0.05, 0) is 73.4 Å². The molecule has 242 valence electrons. The van der Waals surface area contributed by atoms with Gasteiger partial charge in [-0.15, -0.1) is 0 Å². The van der Waals surface area contributed by atoms with Crippen LogP contribution in [0.15, 0.2) is 115 Å². The number of aliphatic hydroxyl groups is 2. The summed E-state index contributed by atoms with van der Waals surface area (Å²) in [7, 11) is -1.77. The van der Waals surface area contributed by atoms with Gasteiger partial charge in [0.05, 0.1) is 23.7 Å². The van der Waals surface area contributed by atoms with Crippen molar-refractivity contribution in [2.45, 2.75) is 69.9 Å². The molecule has 4 rings (SSSR count). The minimum Gasteiger partial charge on any atom is -0.394 e. The first kappa shape index (κ1) is 35.0. The normalized spacial score (nSPS) is 12.7. The van der Waals surface area contributed by atoms with Crippen molar-refractivity contribution >= 4 is 34.8 Å². The zero-order chi connectivity index (χ0) is 32.6. The maximum Gasteiger partial charge on any atom is 0.269 e. The topological polar surface area (TPSA) is 113 Å². The average molecular weight is 642 g/mol. The van der Waals surface area contributed by atoms with Crippen LogP contribution in [-0.2, 0) is 4.79 Å². The number of hydrogen-bond acceptors (Lipinski definition) is 5. The molecule has 0 spiro atoms. The first-order valence-electron chi connectivity index (χ1n) is 16.3. The lowest BCUT2D eigenvalue weighted by Gasteiger charge is -2.27. The lowest BCUT2D eigenvalue weighted by Crippen LogP contribution is -2.41. The number of hydrogen-bond donors (Lipinski definition) is 3. The number of nitro benzene ring substituents is 1.